The van der Waals surface area contributed by atoms with Gasteiger partial charge in [0.25, 0.3) is 5.91 Å². The van der Waals surface area contributed by atoms with E-state index in [0.717, 1.165) is 34.0 Å². The molecule has 0 saturated heterocycles. The largest absolute Gasteiger partial charge is 0.398 e. The van der Waals surface area contributed by atoms with Gasteiger partial charge in [0.2, 0.25) is 0 Å². The van der Waals surface area contributed by atoms with E-state index in [-0.39, 0.29) is 5.91 Å². The highest BCUT2D eigenvalue weighted by molar-refractivity contribution is 7.08. The van der Waals surface area contributed by atoms with Gasteiger partial charge in [-0.3, -0.25) is 4.79 Å². The van der Waals surface area contributed by atoms with Crippen molar-refractivity contribution in [1.29, 1.82) is 0 Å². The van der Waals surface area contributed by atoms with Crippen LogP contribution in [0.2, 0.25) is 0 Å². The Morgan fingerprint density at radius 3 is 2.79 bits per heavy atom. The normalized spacial score (nSPS) is 10.5. The van der Waals surface area contributed by atoms with Crippen LogP contribution in [0.1, 0.15) is 33.4 Å². The molecular weight excluding hydrogens is 260 g/mol. The lowest BCUT2D eigenvalue weighted by Gasteiger charge is -2.10. The molecule has 0 aliphatic carbocycles. The molecule has 1 amide bonds. The van der Waals surface area contributed by atoms with Crippen molar-refractivity contribution in [3.8, 4) is 0 Å². The number of nitrogens with two attached hydrogens (primary N) is 1. The van der Waals surface area contributed by atoms with Crippen molar-refractivity contribution in [2.24, 2.45) is 0 Å². The van der Waals surface area contributed by atoms with Gasteiger partial charge in [-0.25, -0.2) is 0 Å². The second kappa shape index (κ2) is 5.36. The van der Waals surface area contributed by atoms with Crippen LogP contribution in [0.4, 0.5) is 11.4 Å². The van der Waals surface area contributed by atoms with E-state index < -0.39 is 0 Å². The number of aryl methyl sites for hydroxylation is 3. The summed E-state index contributed by atoms with van der Waals surface area (Å²) >= 11 is 1.11. The standard InChI is InChI=1S/C13H16N4OS/c1-4-10-12(19-17-16-10)13(18)15-11-6-9(14)7(2)5-8(11)3/h5-6H,4,14H2,1-3H3,(H,15,18). The molecule has 1 aromatic carbocycles. The molecule has 5 nitrogen and oxygen atoms in total. The summed E-state index contributed by atoms with van der Waals surface area (Å²) in [5.41, 5.74) is 9.97. The Hall–Kier alpha value is -1.95. The molecular formula is C13H16N4OS. The first kappa shape index (κ1) is 13.5. The lowest BCUT2D eigenvalue weighted by molar-refractivity contribution is 0.102. The van der Waals surface area contributed by atoms with Crippen LogP contribution in [0.25, 0.3) is 0 Å². The smallest absolute Gasteiger partial charge is 0.269 e. The van der Waals surface area contributed by atoms with Crippen molar-refractivity contribution in [2.45, 2.75) is 27.2 Å². The van der Waals surface area contributed by atoms with Gasteiger partial charge in [0.1, 0.15) is 4.88 Å². The number of nitrogens with zero attached hydrogens (tertiary/aromatic N) is 2. The van der Waals surface area contributed by atoms with Crippen LogP contribution in [-0.2, 0) is 6.42 Å². The zero-order valence-corrected chi connectivity index (χ0v) is 12.0. The van der Waals surface area contributed by atoms with E-state index >= 15 is 0 Å². The van der Waals surface area contributed by atoms with Crippen LogP contribution in [-0.4, -0.2) is 15.5 Å². The minimum Gasteiger partial charge on any atom is -0.398 e. The minimum absolute atomic E-state index is 0.182. The van der Waals surface area contributed by atoms with Crippen molar-refractivity contribution >= 4 is 28.8 Å². The fourth-order valence-corrected chi connectivity index (χ4v) is 2.44. The highest BCUT2D eigenvalue weighted by Crippen LogP contribution is 2.23. The molecule has 1 aromatic heterocycles. The molecule has 3 N–H and O–H groups in total. The molecule has 0 aliphatic rings. The molecule has 0 fully saturated rings. The van der Waals surface area contributed by atoms with Crippen LogP contribution in [0, 0.1) is 13.8 Å². The minimum atomic E-state index is -0.182. The van der Waals surface area contributed by atoms with Crippen LogP contribution < -0.4 is 11.1 Å². The Bertz CT molecular complexity index is 621. The molecule has 0 radical (unpaired) electrons. The molecule has 2 aromatic rings. The third kappa shape index (κ3) is 2.73. The maximum atomic E-state index is 12.2. The van der Waals surface area contributed by atoms with Gasteiger partial charge in [-0.1, -0.05) is 17.5 Å². The topological polar surface area (TPSA) is 80.9 Å². The number of amides is 1. The number of carbonyl (C=O) groups excluding carboxylic acids is 1. The summed E-state index contributed by atoms with van der Waals surface area (Å²) < 4.78 is 3.82. The molecule has 19 heavy (non-hydrogen) atoms. The molecule has 1 heterocycles. The van der Waals surface area contributed by atoms with E-state index in [1.54, 1.807) is 6.07 Å². The van der Waals surface area contributed by atoms with Gasteiger partial charge in [0, 0.05) is 11.4 Å². The average Bonchev–Trinajstić information content (AvgIpc) is 2.84. The number of benzene rings is 1. The quantitative estimate of drug-likeness (QED) is 0.844. The number of nitrogen functional groups attached to an aromatic ring is 1. The van der Waals surface area contributed by atoms with Crippen LogP contribution in [0.5, 0.6) is 0 Å². The molecule has 0 spiro atoms. The van der Waals surface area contributed by atoms with Gasteiger partial charge in [0.15, 0.2) is 0 Å². The number of hydrogen-bond donors (Lipinski definition) is 2. The third-order valence-corrected chi connectivity index (χ3v) is 3.72. The summed E-state index contributed by atoms with van der Waals surface area (Å²) in [7, 11) is 0. The maximum absolute atomic E-state index is 12.2. The zero-order chi connectivity index (χ0) is 14.0. The maximum Gasteiger partial charge on any atom is 0.269 e. The van der Waals surface area contributed by atoms with Crippen LogP contribution in [0.3, 0.4) is 0 Å². The Morgan fingerprint density at radius 2 is 2.11 bits per heavy atom. The number of nitrogens with one attached hydrogen (secondary N) is 1. The van der Waals surface area contributed by atoms with Gasteiger partial charge in [-0.15, -0.1) is 5.10 Å². The molecule has 100 valence electrons. The van der Waals surface area contributed by atoms with Crippen molar-refractivity contribution in [3.63, 3.8) is 0 Å². The number of hydrogen-bond acceptors (Lipinski definition) is 5. The van der Waals surface area contributed by atoms with Crippen molar-refractivity contribution in [1.82, 2.24) is 9.59 Å². The first-order valence-electron chi connectivity index (χ1n) is 6.02. The molecule has 0 bridgehead atoms. The molecule has 0 unspecified atom stereocenters. The number of rotatable bonds is 3. The average molecular weight is 276 g/mol. The predicted molar refractivity (Wildman–Crippen MR) is 77.6 cm³/mol. The van der Waals surface area contributed by atoms with E-state index in [2.05, 4.69) is 14.9 Å². The summed E-state index contributed by atoms with van der Waals surface area (Å²) in [4.78, 5) is 12.7. The van der Waals surface area contributed by atoms with Gasteiger partial charge in [-0.2, -0.15) is 0 Å². The van der Waals surface area contributed by atoms with Gasteiger partial charge >= 0.3 is 0 Å². The molecule has 0 aliphatic heterocycles. The number of carbonyl (C=O) groups is 1. The summed E-state index contributed by atoms with van der Waals surface area (Å²) in [5.74, 6) is -0.182. The molecule has 0 atom stereocenters. The van der Waals surface area contributed by atoms with Crippen molar-refractivity contribution in [3.05, 3.63) is 33.8 Å². The van der Waals surface area contributed by atoms with Crippen LogP contribution in [0.15, 0.2) is 12.1 Å². The Morgan fingerprint density at radius 1 is 1.37 bits per heavy atom. The van der Waals surface area contributed by atoms with E-state index in [1.807, 2.05) is 26.8 Å². The van der Waals surface area contributed by atoms with Gasteiger partial charge in [0.05, 0.1) is 5.69 Å². The Balaban J connectivity index is 2.27. The molecule has 2 rings (SSSR count). The summed E-state index contributed by atoms with van der Waals surface area (Å²) in [6.07, 6.45) is 0.689. The van der Waals surface area contributed by atoms with E-state index in [4.69, 9.17) is 5.73 Å². The lowest BCUT2D eigenvalue weighted by atomic mass is 10.1. The second-order valence-electron chi connectivity index (χ2n) is 4.38. The predicted octanol–water partition coefficient (Wildman–Crippen LogP) is 2.55. The Kier molecular flexibility index (Phi) is 3.80. The summed E-state index contributed by atoms with van der Waals surface area (Å²) in [6, 6.07) is 3.74. The highest BCUT2D eigenvalue weighted by Gasteiger charge is 2.16. The summed E-state index contributed by atoms with van der Waals surface area (Å²) in [5, 5.41) is 6.80. The second-order valence-corrected chi connectivity index (χ2v) is 5.13. The monoisotopic (exact) mass is 276 g/mol. The highest BCUT2D eigenvalue weighted by atomic mass is 32.1. The lowest BCUT2D eigenvalue weighted by Crippen LogP contribution is -2.13. The fourth-order valence-electron chi connectivity index (χ4n) is 1.80. The SMILES string of the molecule is CCc1nnsc1C(=O)Nc1cc(N)c(C)cc1C. The summed E-state index contributed by atoms with van der Waals surface area (Å²) in [6.45, 7) is 5.83. The van der Waals surface area contributed by atoms with Crippen molar-refractivity contribution < 1.29 is 4.79 Å². The third-order valence-electron chi connectivity index (χ3n) is 2.96. The number of aromatic nitrogens is 2. The van der Waals surface area contributed by atoms with E-state index in [1.165, 1.54) is 0 Å². The fraction of sp³-hybridized carbons (Fsp3) is 0.308. The first-order valence-corrected chi connectivity index (χ1v) is 6.79. The molecule has 0 saturated carbocycles. The van der Waals surface area contributed by atoms with E-state index in [0.29, 0.717) is 17.0 Å². The van der Waals surface area contributed by atoms with Crippen LogP contribution >= 0.6 is 11.5 Å². The first-order chi connectivity index (χ1) is 9.02. The molecule has 6 heteroatoms. The number of anilines is 2. The van der Waals surface area contributed by atoms with Crippen molar-refractivity contribution in [2.75, 3.05) is 11.1 Å². The van der Waals surface area contributed by atoms with E-state index in [9.17, 15) is 4.79 Å². The Labute approximate surface area is 116 Å². The van der Waals surface area contributed by atoms with Gasteiger partial charge < -0.3 is 11.1 Å². The zero-order valence-electron chi connectivity index (χ0n) is 11.2. The van der Waals surface area contributed by atoms with Gasteiger partial charge in [-0.05, 0) is 49.0 Å².